The normalized spacial score (nSPS) is 10.2. The highest BCUT2D eigenvalue weighted by atomic mass is 79.9. The number of rotatable bonds is 8. The molecule has 1 amide bonds. The lowest BCUT2D eigenvalue weighted by Crippen LogP contribution is -2.21. The molecule has 2 aromatic rings. The van der Waals surface area contributed by atoms with Crippen LogP contribution in [-0.4, -0.2) is 29.2 Å². The number of hydrogen-bond donors (Lipinski definition) is 1. The van der Waals surface area contributed by atoms with E-state index in [1.807, 2.05) is 30.3 Å². The van der Waals surface area contributed by atoms with Crippen molar-refractivity contribution in [3.05, 3.63) is 63.1 Å². The molecule has 0 fully saturated rings. The number of carbonyl (C=O) groups is 2. The number of thioether (sulfide) groups is 1. The molecule has 2 aromatic carbocycles. The van der Waals surface area contributed by atoms with Crippen molar-refractivity contribution in [1.82, 2.24) is 0 Å². The smallest absolute Gasteiger partial charge is 0.307 e. The van der Waals surface area contributed by atoms with Gasteiger partial charge in [0.25, 0.3) is 11.6 Å². The minimum atomic E-state index is -0.536. The van der Waals surface area contributed by atoms with Crippen LogP contribution in [-0.2, 0) is 14.3 Å². The molecule has 2 rings (SSSR count). The minimum Gasteiger partial charge on any atom is -0.456 e. The van der Waals surface area contributed by atoms with E-state index in [-0.39, 0.29) is 12.1 Å². The van der Waals surface area contributed by atoms with Gasteiger partial charge in [0.15, 0.2) is 6.61 Å². The second-order valence-electron chi connectivity index (χ2n) is 5.04. The number of non-ortho nitro benzene ring substituents is 1. The van der Waals surface area contributed by atoms with Gasteiger partial charge in [0.05, 0.1) is 17.0 Å². The predicted octanol–water partition coefficient (Wildman–Crippen LogP) is 4.02. The van der Waals surface area contributed by atoms with Crippen LogP contribution >= 0.6 is 27.7 Å². The molecule has 0 radical (unpaired) electrons. The van der Waals surface area contributed by atoms with E-state index < -0.39 is 23.4 Å². The zero-order valence-electron chi connectivity index (χ0n) is 13.5. The summed E-state index contributed by atoms with van der Waals surface area (Å²) in [6.45, 7) is -0.418. The highest BCUT2D eigenvalue weighted by Crippen LogP contribution is 2.27. The first-order chi connectivity index (χ1) is 12.5. The van der Waals surface area contributed by atoms with Crippen molar-refractivity contribution in [3.63, 3.8) is 0 Å². The lowest BCUT2D eigenvalue weighted by atomic mass is 10.3. The summed E-state index contributed by atoms with van der Waals surface area (Å²) in [6.07, 6.45) is 0.189. The Hall–Kier alpha value is -2.39. The van der Waals surface area contributed by atoms with Gasteiger partial charge in [0.2, 0.25) is 0 Å². The van der Waals surface area contributed by atoms with Gasteiger partial charge in [-0.2, -0.15) is 0 Å². The first-order valence-electron chi connectivity index (χ1n) is 7.53. The Morgan fingerprint density at radius 2 is 1.92 bits per heavy atom. The van der Waals surface area contributed by atoms with Crippen LogP contribution in [0.25, 0.3) is 0 Å². The number of nitrogens with one attached hydrogen (secondary N) is 1. The average molecular weight is 439 g/mol. The van der Waals surface area contributed by atoms with Crippen LogP contribution in [0.3, 0.4) is 0 Å². The molecule has 1 N–H and O–H groups in total. The van der Waals surface area contributed by atoms with Gasteiger partial charge in [-0.3, -0.25) is 19.7 Å². The Labute approximate surface area is 162 Å². The number of hydrogen-bond acceptors (Lipinski definition) is 6. The molecular weight excluding hydrogens is 424 g/mol. The van der Waals surface area contributed by atoms with Crippen LogP contribution in [0.4, 0.5) is 11.4 Å². The predicted molar refractivity (Wildman–Crippen MR) is 102 cm³/mol. The van der Waals surface area contributed by atoms with Gasteiger partial charge < -0.3 is 10.1 Å². The molecule has 0 aliphatic heterocycles. The Morgan fingerprint density at radius 1 is 1.19 bits per heavy atom. The molecule has 0 aliphatic carbocycles. The molecule has 0 saturated carbocycles. The minimum absolute atomic E-state index is 0.0998. The molecule has 0 saturated heterocycles. The number of amides is 1. The van der Waals surface area contributed by atoms with Gasteiger partial charge in [-0.05, 0) is 34.1 Å². The van der Waals surface area contributed by atoms with Gasteiger partial charge in [0.1, 0.15) is 0 Å². The fourth-order valence-corrected chi connectivity index (χ4v) is 3.21. The van der Waals surface area contributed by atoms with Crippen LogP contribution in [0.2, 0.25) is 0 Å². The molecule has 136 valence electrons. The van der Waals surface area contributed by atoms with Crippen LogP contribution in [0.15, 0.2) is 57.9 Å². The average Bonchev–Trinajstić information content (AvgIpc) is 2.62. The highest BCUT2D eigenvalue weighted by molar-refractivity contribution is 9.10. The van der Waals surface area contributed by atoms with Crippen molar-refractivity contribution >= 4 is 50.9 Å². The van der Waals surface area contributed by atoms with Crippen LogP contribution in [0.5, 0.6) is 0 Å². The van der Waals surface area contributed by atoms with E-state index in [1.165, 1.54) is 30.0 Å². The summed E-state index contributed by atoms with van der Waals surface area (Å²) in [6, 6.07) is 13.6. The number of nitro benzene ring substituents is 1. The standard InChI is InChI=1S/C17H15BrN2O5S/c18-14-10-12(20(23)24)6-7-15(14)19-16(21)11-25-17(22)8-9-26-13-4-2-1-3-5-13/h1-7,10H,8-9,11H2,(H,19,21). The Kier molecular flexibility index (Phi) is 7.61. The number of anilines is 1. The van der Waals surface area contributed by atoms with E-state index in [9.17, 15) is 19.7 Å². The summed E-state index contributed by atoms with van der Waals surface area (Å²) in [5, 5.41) is 13.2. The first kappa shape index (κ1) is 19.9. The van der Waals surface area contributed by atoms with Crippen LogP contribution in [0.1, 0.15) is 6.42 Å². The maximum absolute atomic E-state index is 11.8. The van der Waals surface area contributed by atoms with Gasteiger partial charge in [-0.25, -0.2) is 0 Å². The largest absolute Gasteiger partial charge is 0.456 e. The SMILES string of the molecule is O=C(COC(=O)CCSc1ccccc1)Nc1ccc([N+](=O)[O-])cc1Br. The van der Waals surface area contributed by atoms with E-state index in [1.54, 1.807) is 0 Å². The van der Waals surface area contributed by atoms with E-state index in [4.69, 9.17) is 4.74 Å². The fraction of sp³-hybridized carbons (Fsp3) is 0.176. The molecule has 26 heavy (non-hydrogen) atoms. The summed E-state index contributed by atoms with van der Waals surface area (Å²) in [7, 11) is 0. The number of benzene rings is 2. The van der Waals surface area contributed by atoms with Crippen LogP contribution < -0.4 is 5.32 Å². The molecule has 7 nitrogen and oxygen atoms in total. The maximum atomic E-state index is 11.8. The lowest BCUT2D eigenvalue weighted by molar-refractivity contribution is -0.384. The monoisotopic (exact) mass is 438 g/mol. The second-order valence-corrected chi connectivity index (χ2v) is 7.06. The molecule has 0 atom stereocenters. The maximum Gasteiger partial charge on any atom is 0.307 e. The van der Waals surface area contributed by atoms with Gasteiger partial charge in [0, 0.05) is 27.3 Å². The summed E-state index contributed by atoms with van der Waals surface area (Å²) < 4.78 is 5.29. The molecule has 0 unspecified atom stereocenters. The van der Waals surface area contributed by atoms with E-state index in [0.29, 0.717) is 15.9 Å². The van der Waals surface area contributed by atoms with Crippen molar-refractivity contribution in [2.75, 3.05) is 17.7 Å². The van der Waals surface area contributed by atoms with Crippen molar-refractivity contribution in [2.24, 2.45) is 0 Å². The molecule has 0 bridgehead atoms. The number of ether oxygens (including phenoxy) is 1. The Balaban J connectivity index is 1.72. The number of nitro groups is 1. The Morgan fingerprint density at radius 3 is 2.58 bits per heavy atom. The summed E-state index contributed by atoms with van der Waals surface area (Å²) in [5.74, 6) is -0.437. The van der Waals surface area contributed by atoms with E-state index in [0.717, 1.165) is 4.90 Å². The van der Waals surface area contributed by atoms with Crippen molar-refractivity contribution in [2.45, 2.75) is 11.3 Å². The zero-order valence-corrected chi connectivity index (χ0v) is 15.9. The summed E-state index contributed by atoms with van der Waals surface area (Å²) in [4.78, 5) is 34.7. The van der Waals surface area contributed by atoms with Gasteiger partial charge in [-0.15, -0.1) is 11.8 Å². The fourth-order valence-electron chi connectivity index (χ4n) is 1.89. The summed E-state index contributed by atoms with van der Waals surface area (Å²) >= 11 is 4.68. The molecular formula is C17H15BrN2O5S. The lowest BCUT2D eigenvalue weighted by Gasteiger charge is -2.08. The third-order valence-electron chi connectivity index (χ3n) is 3.12. The molecule has 0 aliphatic rings. The van der Waals surface area contributed by atoms with Crippen molar-refractivity contribution in [1.29, 1.82) is 0 Å². The van der Waals surface area contributed by atoms with Crippen LogP contribution in [0, 0.1) is 10.1 Å². The number of esters is 1. The number of nitrogens with zero attached hydrogens (tertiary/aromatic N) is 1. The van der Waals surface area contributed by atoms with Gasteiger partial charge >= 0.3 is 5.97 Å². The third kappa shape index (κ3) is 6.49. The molecule has 0 spiro atoms. The van der Waals surface area contributed by atoms with E-state index >= 15 is 0 Å². The quantitative estimate of drug-likeness (QED) is 0.289. The van der Waals surface area contributed by atoms with Gasteiger partial charge in [-0.1, -0.05) is 18.2 Å². The first-order valence-corrected chi connectivity index (χ1v) is 9.31. The van der Waals surface area contributed by atoms with E-state index in [2.05, 4.69) is 21.2 Å². The molecule has 0 aromatic heterocycles. The second kappa shape index (κ2) is 9.93. The summed E-state index contributed by atoms with van der Waals surface area (Å²) in [5.41, 5.74) is 0.258. The number of carbonyl (C=O) groups excluding carboxylic acids is 2. The number of halogens is 1. The molecule has 9 heteroatoms. The highest BCUT2D eigenvalue weighted by Gasteiger charge is 2.12. The Bertz CT molecular complexity index is 801. The molecule has 0 heterocycles. The third-order valence-corrected chi connectivity index (χ3v) is 4.79. The van der Waals surface area contributed by atoms with Crippen molar-refractivity contribution < 1.29 is 19.2 Å². The van der Waals surface area contributed by atoms with Crippen molar-refractivity contribution in [3.8, 4) is 0 Å². The zero-order chi connectivity index (χ0) is 18.9. The topological polar surface area (TPSA) is 98.5 Å².